The van der Waals surface area contributed by atoms with Gasteiger partial charge < -0.3 is 15.0 Å². The number of H-pyrrole nitrogens is 1. The number of methoxy groups -OCH3 is 1. The Balaban J connectivity index is 2.51. The number of nitrogens with zero attached hydrogens (tertiary/aromatic N) is 1. The van der Waals surface area contributed by atoms with Crippen LogP contribution in [-0.4, -0.2) is 24.1 Å². The molecule has 0 spiro atoms. The monoisotopic (exact) mass is 295 g/mol. The average Bonchev–Trinajstić information content (AvgIpc) is 2.77. The summed E-state index contributed by atoms with van der Waals surface area (Å²) in [5.74, 6) is 0.817. The Morgan fingerprint density at radius 3 is 3.00 bits per heavy atom. The van der Waals surface area contributed by atoms with Crippen molar-refractivity contribution in [3.05, 3.63) is 34.7 Å². The van der Waals surface area contributed by atoms with Crippen molar-refractivity contribution in [2.75, 3.05) is 14.2 Å². The highest BCUT2D eigenvalue weighted by Crippen LogP contribution is 2.32. The molecule has 0 aliphatic rings. The lowest BCUT2D eigenvalue weighted by molar-refractivity contribution is 0.416. The van der Waals surface area contributed by atoms with Crippen molar-refractivity contribution in [1.82, 2.24) is 15.3 Å². The molecule has 0 atom stereocenters. The molecule has 1 aromatic carbocycles. The van der Waals surface area contributed by atoms with Crippen molar-refractivity contribution in [3.8, 4) is 17.0 Å². The number of hydrogen-bond donors (Lipinski definition) is 2. The second kappa shape index (κ2) is 5.33. The first-order chi connectivity index (χ1) is 8.26. The van der Waals surface area contributed by atoms with Crippen molar-refractivity contribution >= 4 is 15.9 Å². The largest absolute Gasteiger partial charge is 0.496 e. The lowest BCUT2D eigenvalue weighted by atomic mass is 10.1. The Kier molecular flexibility index (Phi) is 3.81. The van der Waals surface area contributed by atoms with Gasteiger partial charge in [-0.1, -0.05) is 15.9 Å². The van der Waals surface area contributed by atoms with Gasteiger partial charge in [0, 0.05) is 16.6 Å². The van der Waals surface area contributed by atoms with Crippen molar-refractivity contribution in [3.63, 3.8) is 0 Å². The fourth-order valence-corrected chi connectivity index (χ4v) is 2.09. The molecular weight excluding hydrogens is 282 g/mol. The van der Waals surface area contributed by atoms with Gasteiger partial charge in [0.2, 0.25) is 0 Å². The highest BCUT2D eigenvalue weighted by atomic mass is 79.9. The summed E-state index contributed by atoms with van der Waals surface area (Å²) < 4.78 is 6.37. The number of rotatable bonds is 4. The van der Waals surface area contributed by atoms with Gasteiger partial charge in [-0.25, -0.2) is 4.98 Å². The van der Waals surface area contributed by atoms with Gasteiger partial charge in [-0.2, -0.15) is 0 Å². The number of halogens is 1. The lowest BCUT2D eigenvalue weighted by Crippen LogP contribution is -2.06. The number of ether oxygens (including phenoxy) is 1. The first-order valence-corrected chi connectivity index (χ1v) is 6.06. The second-order valence-electron chi connectivity index (χ2n) is 3.60. The van der Waals surface area contributed by atoms with Crippen LogP contribution in [0.25, 0.3) is 11.3 Å². The summed E-state index contributed by atoms with van der Waals surface area (Å²) in [5, 5.41) is 3.11. The van der Waals surface area contributed by atoms with Crippen molar-refractivity contribution in [1.29, 1.82) is 0 Å². The van der Waals surface area contributed by atoms with Gasteiger partial charge in [-0.05, 0) is 25.2 Å². The number of aromatic amines is 1. The van der Waals surface area contributed by atoms with Crippen LogP contribution in [0.3, 0.4) is 0 Å². The van der Waals surface area contributed by atoms with Crippen LogP contribution in [0.4, 0.5) is 0 Å². The van der Waals surface area contributed by atoms with E-state index in [-0.39, 0.29) is 0 Å². The summed E-state index contributed by atoms with van der Waals surface area (Å²) >= 11 is 3.47. The molecule has 0 radical (unpaired) electrons. The zero-order chi connectivity index (χ0) is 12.3. The highest BCUT2D eigenvalue weighted by molar-refractivity contribution is 9.10. The summed E-state index contributed by atoms with van der Waals surface area (Å²) in [6.07, 6.45) is 1.70. The standard InChI is InChI=1S/C12H14BrN3O/c1-14-6-10-12(16-7-15-10)9-5-8(13)3-4-11(9)17-2/h3-5,7,14H,6H2,1-2H3,(H,15,16). The van der Waals surface area contributed by atoms with Crippen molar-refractivity contribution in [2.24, 2.45) is 0 Å². The Hall–Kier alpha value is -1.33. The first-order valence-electron chi connectivity index (χ1n) is 5.27. The topological polar surface area (TPSA) is 49.9 Å². The average molecular weight is 296 g/mol. The molecule has 90 valence electrons. The van der Waals surface area contributed by atoms with E-state index in [9.17, 15) is 0 Å². The first kappa shape index (κ1) is 12.1. The third kappa shape index (κ3) is 2.50. The molecule has 1 heterocycles. The summed E-state index contributed by atoms with van der Waals surface area (Å²) in [6, 6.07) is 5.89. The summed E-state index contributed by atoms with van der Waals surface area (Å²) in [7, 11) is 3.57. The van der Waals surface area contributed by atoms with Crippen LogP contribution in [0, 0.1) is 0 Å². The third-order valence-electron chi connectivity index (χ3n) is 2.49. The van der Waals surface area contributed by atoms with Crippen LogP contribution < -0.4 is 10.1 Å². The molecule has 5 heteroatoms. The Morgan fingerprint density at radius 1 is 1.47 bits per heavy atom. The molecule has 1 aromatic heterocycles. The minimum atomic E-state index is 0.741. The van der Waals surface area contributed by atoms with E-state index in [2.05, 4.69) is 31.2 Å². The van der Waals surface area contributed by atoms with Crippen LogP contribution in [0.5, 0.6) is 5.75 Å². The number of benzene rings is 1. The predicted octanol–water partition coefficient (Wildman–Crippen LogP) is 2.57. The minimum Gasteiger partial charge on any atom is -0.496 e. The number of imidazole rings is 1. The number of nitrogens with one attached hydrogen (secondary N) is 2. The lowest BCUT2D eigenvalue weighted by Gasteiger charge is -2.08. The molecule has 2 aromatic rings. The fourth-order valence-electron chi connectivity index (χ4n) is 1.73. The van der Waals surface area contributed by atoms with E-state index in [0.29, 0.717) is 0 Å². The SMILES string of the molecule is CNCc1[nH]cnc1-c1cc(Br)ccc1OC. The van der Waals surface area contributed by atoms with Crippen molar-refractivity contribution < 1.29 is 4.74 Å². The van der Waals surface area contributed by atoms with Crippen LogP contribution >= 0.6 is 15.9 Å². The quantitative estimate of drug-likeness (QED) is 0.911. The molecule has 0 amide bonds. The van der Waals surface area contributed by atoms with Gasteiger partial charge in [0.1, 0.15) is 5.75 Å². The van der Waals surface area contributed by atoms with Gasteiger partial charge >= 0.3 is 0 Å². The molecule has 2 rings (SSSR count). The van der Waals surface area contributed by atoms with Crippen LogP contribution in [0.2, 0.25) is 0 Å². The molecule has 0 saturated heterocycles. The molecule has 0 unspecified atom stereocenters. The Morgan fingerprint density at radius 2 is 2.29 bits per heavy atom. The van der Waals surface area contributed by atoms with Gasteiger partial charge in [-0.15, -0.1) is 0 Å². The predicted molar refractivity (Wildman–Crippen MR) is 71.0 cm³/mol. The summed E-state index contributed by atoms with van der Waals surface area (Å²) in [4.78, 5) is 7.49. The molecule has 0 saturated carbocycles. The van der Waals surface area contributed by atoms with Gasteiger partial charge in [-0.3, -0.25) is 0 Å². The summed E-state index contributed by atoms with van der Waals surface area (Å²) in [5.41, 5.74) is 2.94. The smallest absolute Gasteiger partial charge is 0.128 e. The van der Waals surface area contributed by atoms with Crippen molar-refractivity contribution in [2.45, 2.75) is 6.54 Å². The Labute approximate surface area is 109 Å². The molecule has 4 nitrogen and oxygen atoms in total. The highest BCUT2D eigenvalue weighted by Gasteiger charge is 2.13. The maximum Gasteiger partial charge on any atom is 0.128 e. The van der Waals surface area contributed by atoms with Crippen LogP contribution in [0.1, 0.15) is 5.69 Å². The molecule has 0 fully saturated rings. The second-order valence-corrected chi connectivity index (χ2v) is 4.52. The maximum atomic E-state index is 5.36. The molecule has 17 heavy (non-hydrogen) atoms. The van der Waals surface area contributed by atoms with E-state index in [0.717, 1.165) is 33.7 Å². The zero-order valence-corrected chi connectivity index (χ0v) is 11.3. The zero-order valence-electron chi connectivity index (χ0n) is 9.75. The molecular formula is C12H14BrN3O. The van der Waals surface area contributed by atoms with E-state index in [1.165, 1.54) is 0 Å². The Bertz CT molecular complexity index is 510. The summed E-state index contributed by atoms with van der Waals surface area (Å²) in [6.45, 7) is 0.741. The van der Waals surface area contributed by atoms with E-state index in [1.807, 2.05) is 25.2 Å². The van der Waals surface area contributed by atoms with Crippen LogP contribution in [0.15, 0.2) is 29.0 Å². The van der Waals surface area contributed by atoms with E-state index < -0.39 is 0 Å². The number of hydrogen-bond acceptors (Lipinski definition) is 3. The fraction of sp³-hybridized carbons (Fsp3) is 0.250. The van der Waals surface area contributed by atoms with Gasteiger partial charge in [0.15, 0.2) is 0 Å². The van der Waals surface area contributed by atoms with E-state index in [4.69, 9.17) is 4.74 Å². The van der Waals surface area contributed by atoms with Gasteiger partial charge in [0.05, 0.1) is 24.8 Å². The van der Waals surface area contributed by atoms with Crippen LogP contribution in [-0.2, 0) is 6.54 Å². The normalized spacial score (nSPS) is 10.5. The van der Waals surface area contributed by atoms with E-state index >= 15 is 0 Å². The van der Waals surface area contributed by atoms with Gasteiger partial charge in [0.25, 0.3) is 0 Å². The molecule has 0 aliphatic carbocycles. The molecule has 2 N–H and O–H groups in total. The molecule has 0 aliphatic heterocycles. The maximum absolute atomic E-state index is 5.36. The molecule has 0 bridgehead atoms. The number of aromatic nitrogens is 2. The third-order valence-corrected chi connectivity index (χ3v) is 2.98. The minimum absolute atomic E-state index is 0.741. The van der Waals surface area contributed by atoms with E-state index in [1.54, 1.807) is 13.4 Å².